The highest BCUT2D eigenvalue weighted by atomic mass is 16.7. The van der Waals surface area contributed by atoms with E-state index in [1.54, 1.807) is 17.5 Å². The lowest BCUT2D eigenvalue weighted by atomic mass is 9.93. The molecule has 0 aliphatic carbocycles. The normalized spacial score (nSPS) is 22.0. The van der Waals surface area contributed by atoms with Gasteiger partial charge in [-0.05, 0) is 6.08 Å². The molecule has 0 amide bonds. The molecule has 0 spiro atoms. The molecule has 2 nitrogen and oxygen atoms in total. The molecule has 0 radical (unpaired) electrons. The van der Waals surface area contributed by atoms with Gasteiger partial charge in [-0.2, -0.15) is 0 Å². The monoisotopic (exact) mass is 139 g/mol. The molecule has 0 bridgehead atoms. The number of hydrogen-bond donors (Lipinski definition) is 0. The first-order valence-corrected chi connectivity index (χ1v) is 3.38. The Hall–Kier alpha value is -0.920. The van der Waals surface area contributed by atoms with Crippen LogP contribution in [0.25, 0.3) is 0 Å². The lowest BCUT2D eigenvalue weighted by molar-refractivity contribution is -0.0876. The minimum Gasteiger partial charge on any atom is -0.388 e. The van der Waals surface area contributed by atoms with Crippen molar-refractivity contribution in [2.75, 3.05) is 6.54 Å². The van der Waals surface area contributed by atoms with E-state index in [-0.39, 0.29) is 5.41 Å². The summed E-state index contributed by atoms with van der Waals surface area (Å²) in [5.74, 6) is 0. The van der Waals surface area contributed by atoms with E-state index < -0.39 is 0 Å². The molecular formula is C8H13NO. The van der Waals surface area contributed by atoms with E-state index in [0.29, 0.717) is 0 Å². The van der Waals surface area contributed by atoms with E-state index in [4.69, 9.17) is 4.84 Å². The van der Waals surface area contributed by atoms with Gasteiger partial charge in [0.05, 0.1) is 6.54 Å². The summed E-state index contributed by atoms with van der Waals surface area (Å²) in [6.45, 7) is 8.80. The molecule has 1 rings (SSSR count). The van der Waals surface area contributed by atoms with Crippen LogP contribution in [0.4, 0.5) is 0 Å². The third-order valence-electron chi connectivity index (χ3n) is 1.48. The van der Waals surface area contributed by atoms with Gasteiger partial charge in [-0.15, -0.1) is 0 Å². The maximum atomic E-state index is 5.10. The summed E-state index contributed by atoms with van der Waals surface area (Å²) in [5.41, 5.74) is 0.201. The summed E-state index contributed by atoms with van der Waals surface area (Å²) in [5, 5.41) is 1.72. The van der Waals surface area contributed by atoms with Gasteiger partial charge in [0.25, 0.3) is 0 Å². The third-order valence-corrected chi connectivity index (χ3v) is 1.48. The van der Waals surface area contributed by atoms with Crippen molar-refractivity contribution in [2.45, 2.75) is 13.8 Å². The van der Waals surface area contributed by atoms with E-state index in [2.05, 4.69) is 20.4 Å². The summed E-state index contributed by atoms with van der Waals surface area (Å²) in [6, 6.07) is 0. The molecule has 1 aliphatic heterocycles. The van der Waals surface area contributed by atoms with E-state index in [0.717, 1.165) is 6.54 Å². The smallest absolute Gasteiger partial charge is 0.116 e. The van der Waals surface area contributed by atoms with E-state index >= 15 is 0 Å². The van der Waals surface area contributed by atoms with Crippen LogP contribution in [0.5, 0.6) is 0 Å². The van der Waals surface area contributed by atoms with Crippen LogP contribution in [0.1, 0.15) is 13.8 Å². The summed E-state index contributed by atoms with van der Waals surface area (Å²) in [4.78, 5) is 5.10. The van der Waals surface area contributed by atoms with E-state index in [1.807, 2.05) is 6.08 Å². The molecule has 0 unspecified atom stereocenters. The van der Waals surface area contributed by atoms with Gasteiger partial charge in [-0.25, -0.2) is 5.06 Å². The van der Waals surface area contributed by atoms with Crippen molar-refractivity contribution < 1.29 is 4.84 Å². The molecule has 0 saturated carbocycles. The number of hydroxylamine groups is 2. The minimum atomic E-state index is 0.201. The Morgan fingerprint density at radius 2 is 2.40 bits per heavy atom. The van der Waals surface area contributed by atoms with Crippen molar-refractivity contribution >= 4 is 0 Å². The van der Waals surface area contributed by atoms with Crippen LogP contribution < -0.4 is 0 Å². The van der Waals surface area contributed by atoms with Crippen LogP contribution >= 0.6 is 0 Å². The molecule has 0 aromatic heterocycles. The zero-order valence-corrected chi connectivity index (χ0v) is 6.50. The Morgan fingerprint density at radius 3 is 2.80 bits per heavy atom. The first kappa shape index (κ1) is 7.19. The Kier molecular flexibility index (Phi) is 1.70. The topological polar surface area (TPSA) is 12.5 Å². The van der Waals surface area contributed by atoms with Gasteiger partial charge in [0, 0.05) is 11.6 Å². The molecular weight excluding hydrogens is 126 g/mol. The van der Waals surface area contributed by atoms with Crippen molar-refractivity contribution in [1.82, 2.24) is 5.06 Å². The maximum absolute atomic E-state index is 5.10. The van der Waals surface area contributed by atoms with Gasteiger partial charge >= 0.3 is 0 Å². The predicted octanol–water partition coefficient (Wildman–Crippen LogP) is 1.92. The van der Waals surface area contributed by atoms with Gasteiger partial charge in [-0.3, -0.25) is 0 Å². The lowest BCUT2D eigenvalue weighted by Gasteiger charge is -2.31. The van der Waals surface area contributed by atoms with Crippen molar-refractivity contribution in [1.29, 1.82) is 0 Å². The molecule has 56 valence electrons. The summed E-state index contributed by atoms with van der Waals surface area (Å²) in [6.07, 6.45) is 5.43. The number of nitrogens with zero attached hydrogens (tertiary/aromatic N) is 1. The fraction of sp³-hybridized carbons (Fsp3) is 0.500. The van der Waals surface area contributed by atoms with Crippen LogP contribution in [0.3, 0.4) is 0 Å². The third kappa shape index (κ3) is 1.53. The summed E-state index contributed by atoms with van der Waals surface area (Å²) in [7, 11) is 0. The van der Waals surface area contributed by atoms with E-state index in [1.165, 1.54) is 0 Å². The Labute approximate surface area is 61.7 Å². The van der Waals surface area contributed by atoms with Crippen LogP contribution in [-0.2, 0) is 4.84 Å². The molecule has 0 N–H and O–H groups in total. The van der Waals surface area contributed by atoms with Gasteiger partial charge in [0.2, 0.25) is 0 Å². The molecule has 0 saturated heterocycles. The van der Waals surface area contributed by atoms with Crippen molar-refractivity contribution in [3.05, 3.63) is 25.1 Å². The number of rotatable bonds is 1. The first-order valence-electron chi connectivity index (χ1n) is 3.38. The van der Waals surface area contributed by atoms with Crippen LogP contribution in [-0.4, -0.2) is 11.6 Å². The van der Waals surface area contributed by atoms with E-state index in [9.17, 15) is 0 Å². The second kappa shape index (κ2) is 2.37. The Bertz CT molecular complexity index is 161. The van der Waals surface area contributed by atoms with Crippen LogP contribution in [0, 0.1) is 5.41 Å². The van der Waals surface area contributed by atoms with Gasteiger partial charge in [0.15, 0.2) is 0 Å². The standard InChI is InChI=1S/C8H13NO/c1-4-9-7-8(2,3)5-6-10-9/h4-6H,1,7H2,2-3H3. The molecule has 0 fully saturated rings. The summed E-state index contributed by atoms with van der Waals surface area (Å²) < 4.78 is 0. The zero-order chi connectivity index (χ0) is 7.61. The SMILES string of the molecule is C=CN1CC(C)(C)C=CO1. The van der Waals surface area contributed by atoms with Crippen molar-refractivity contribution in [2.24, 2.45) is 5.41 Å². The fourth-order valence-electron chi connectivity index (χ4n) is 0.892. The summed E-state index contributed by atoms with van der Waals surface area (Å²) >= 11 is 0. The van der Waals surface area contributed by atoms with Gasteiger partial charge < -0.3 is 4.84 Å². The zero-order valence-electron chi connectivity index (χ0n) is 6.50. The highest BCUT2D eigenvalue weighted by molar-refractivity contribution is 4.96. The molecule has 10 heavy (non-hydrogen) atoms. The highest BCUT2D eigenvalue weighted by Gasteiger charge is 2.20. The largest absolute Gasteiger partial charge is 0.388 e. The first-order chi connectivity index (χ1) is 4.64. The quantitative estimate of drug-likeness (QED) is 0.550. The molecule has 0 aromatic rings. The maximum Gasteiger partial charge on any atom is 0.116 e. The van der Waals surface area contributed by atoms with Crippen molar-refractivity contribution in [3.63, 3.8) is 0 Å². The second-order valence-electron chi connectivity index (χ2n) is 3.15. The molecule has 0 atom stereocenters. The van der Waals surface area contributed by atoms with Crippen LogP contribution in [0.2, 0.25) is 0 Å². The minimum absolute atomic E-state index is 0.201. The number of hydrogen-bond acceptors (Lipinski definition) is 2. The molecule has 2 heteroatoms. The average Bonchev–Trinajstić information content (AvgIpc) is 1.86. The highest BCUT2D eigenvalue weighted by Crippen LogP contribution is 2.22. The fourth-order valence-corrected chi connectivity index (χ4v) is 0.892. The predicted molar refractivity (Wildman–Crippen MR) is 40.9 cm³/mol. The Morgan fingerprint density at radius 1 is 1.70 bits per heavy atom. The lowest BCUT2D eigenvalue weighted by Crippen LogP contribution is -2.31. The second-order valence-corrected chi connectivity index (χ2v) is 3.15. The Balaban J connectivity index is 2.62. The molecule has 1 heterocycles. The van der Waals surface area contributed by atoms with Gasteiger partial charge in [0.1, 0.15) is 6.26 Å². The molecule has 1 aliphatic rings. The van der Waals surface area contributed by atoms with Crippen LogP contribution in [0.15, 0.2) is 25.1 Å². The van der Waals surface area contributed by atoms with Gasteiger partial charge in [-0.1, -0.05) is 20.4 Å². The molecule has 0 aromatic carbocycles. The average molecular weight is 139 g/mol. The van der Waals surface area contributed by atoms with Crippen molar-refractivity contribution in [3.8, 4) is 0 Å².